The molecule has 4 heterocycles. The van der Waals surface area contributed by atoms with Gasteiger partial charge in [-0.15, -0.1) is 11.3 Å². The normalized spacial score (nSPS) is 18.4. The van der Waals surface area contributed by atoms with Crippen LogP contribution in [0.5, 0.6) is 0 Å². The zero-order valence-electron chi connectivity index (χ0n) is 13.4. The number of aromatic nitrogens is 4. The maximum atomic E-state index is 12.8. The van der Waals surface area contributed by atoms with Gasteiger partial charge in [0, 0.05) is 25.6 Å². The summed E-state index contributed by atoms with van der Waals surface area (Å²) >= 11 is 1.62. The molecular formula is C16H19N5O2S. The van der Waals surface area contributed by atoms with E-state index >= 15 is 0 Å². The highest BCUT2D eigenvalue weighted by molar-refractivity contribution is 7.17. The van der Waals surface area contributed by atoms with E-state index in [9.17, 15) is 9.59 Å². The lowest BCUT2D eigenvalue weighted by atomic mass is 9.97. The van der Waals surface area contributed by atoms with Gasteiger partial charge >= 0.3 is 5.69 Å². The standard InChI is InChI=1S/C16H19N5O2S/c1-2-21-14(18-19-16(21)23)10-4-3-6-20(9-10)15(22)12-8-13-11(17-12)5-7-24-13/h5,7-8,10,17H,2-4,6,9H2,1H3,(H,19,23)/t10-/m0/s1. The SMILES string of the molecule is CCn1c([C@H]2CCCN(C(=O)c3cc4sccc4[nH]3)C2)n[nH]c1=O. The number of amides is 1. The topological polar surface area (TPSA) is 86.8 Å². The van der Waals surface area contributed by atoms with Gasteiger partial charge in [0.1, 0.15) is 11.5 Å². The first kappa shape index (κ1) is 15.2. The highest BCUT2D eigenvalue weighted by Gasteiger charge is 2.29. The number of aromatic amines is 2. The number of hydrogen-bond donors (Lipinski definition) is 2. The van der Waals surface area contributed by atoms with Gasteiger partial charge in [-0.2, -0.15) is 5.10 Å². The molecule has 0 radical (unpaired) electrons. The van der Waals surface area contributed by atoms with Crippen LogP contribution in [0.1, 0.15) is 42.0 Å². The largest absolute Gasteiger partial charge is 0.350 e. The average Bonchev–Trinajstić information content (AvgIpc) is 3.28. The fraction of sp³-hybridized carbons (Fsp3) is 0.438. The van der Waals surface area contributed by atoms with E-state index in [1.165, 1.54) is 0 Å². The molecule has 0 aliphatic carbocycles. The van der Waals surface area contributed by atoms with E-state index < -0.39 is 0 Å². The smallest absolute Gasteiger partial charge is 0.343 e. The Morgan fingerprint density at radius 2 is 2.38 bits per heavy atom. The summed E-state index contributed by atoms with van der Waals surface area (Å²) in [4.78, 5) is 29.6. The van der Waals surface area contributed by atoms with Gasteiger partial charge in [-0.25, -0.2) is 9.89 Å². The molecule has 0 spiro atoms. The van der Waals surface area contributed by atoms with Crippen molar-refractivity contribution in [1.82, 2.24) is 24.6 Å². The van der Waals surface area contributed by atoms with Gasteiger partial charge in [0.25, 0.3) is 5.91 Å². The van der Waals surface area contributed by atoms with Gasteiger partial charge in [-0.3, -0.25) is 9.36 Å². The molecule has 0 saturated carbocycles. The molecule has 1 aliphatic heterocycles. The first-order chi connectivity index (χ1) is 11.7. The van der Waals surface area contributed by atoms with Gasteiger partial charge < -0.3 is 9.88 Å². The fourth-order valence-electron chi connectivity index (χ4n) is 3.45. The van der Waals surface area contributed by atoms with Crippen molar-refractivity contribution in [2.75, 3.05) is 13.1 Å². The Bertz CT molecular complexity index is 905. The maximum absolute atomic E-state index is 12.8. The minimum atomic E-state index is -0.180. The lowest BCUT2D eigenvalue weighted by molar-refractivity contribution is 0.0698. The molecule has 3 aromatic rings. The molecule has 1 fully saturated rings. The van der Waals surface area contributed by atoms with E-state index in [1.807, 2.05) is 29.3 Å². The summed E-state index contributed by atoms with van der Waals surface area (Å²) in [6.07, 6.45) is 1.85. The molecule has 1 aliphatic rings. The summed E-state index contributed by atoms with van der Waals surface area (Å²) in [6.45, 7) is 3.85. The monoisotopic (exact) mass is 345 g/mol. The number of piperidine rings is 1. The summed E-state index contributed by atoms with van der Waals surface area (Å²) in [5, 5.41) is 8.72. The summed E-state index contributed by atoms with van der Waals surface area (Å²) < 4.78 is 2.75. The van der Waals surface area contributed by atoms with E-state index in [0.29, 0.717) is 18.8 Å². The van der Waals surface area contributed by atoms with E-state index in [2.05, 4.69) is 15.2 Å². The van der Waals surface area contributed by atoms with Gasteiger partial charge in [-0.05, 0) is 37.3 Å². The first-order valence-electron chi connectivity index (χ1n) is 8.18. The summed E-state index contributed by atoms with van der Waals surface area (Å²) in [5.74, 6) is 0.870. The van der Waals surface area contributed by atoms with Gasteiger partial charge in [-0.1, -0.05) is 0 Å². The molecule has 0 unspecified atom stereocenters. The number of H-pyrrole nitrogens is 2. The van der Waals surface area contributed by atoms with E-state index in [4.69, 9.17) is 0 Å². The van der Waals surface area contributed by atoms with E-state index in [-0.39, 0.29) is 17.5 Å². The van der Waals surface area contributed by atoms with Crippen LogP contribution in [0.15, 0.2) is 22.3 Å². The quantitative estimate of drug-likeness (QED) is 0.762. The Labute approximate surface area is 142 Å². The molecule has 3 aromatic heterocycles. The van der Waals surface area contributed by atoms with Crippen molar-refractivity contribution < 1.29 is 4.79 Å². The number of carbonyl (C=O) groups excluding carboxylic acids is 1. The predicted octanol–water partition coefficient (Wildman–Crippen LogP) is 2.15. The van der Waals surface area contributed by atoms with Crippen molar-refractivity contribution in [3.63, 3.8) is 0 Å². The van der Waals surface area contributed by atoms with Gasteiger partial charge in [0.15, 0.2) is 0 Å². The Hall–Kier alpha value is -2.35. The van der Waals surface area contributed by atoms with E-state index in [0.717, 1.165) is 35.4 Å². The van der Waals surface area contributed by atoms with Crippen molar-refractivity contribution in [2.24, 2.45) is 0 Å². The van der Waals surface area contributed by atoms with Crippen LogP contribution in [0.25, 0.3) is 10.2 Å². The average molecular weight is 345 g/mol. The molecule has 8 heteroatoms. The van der Waals surface area contributed by atoms with Crippen LogP contribution in [-0.2, 0) is 6.54 Å². The molecule has 1 saturated heterocycles. The Morgan fingerprint density at radius 1 is 1.50 bits per heavy atom. The van der Waals surface area contributed by atoms with Crippen molar-refractivity contribution in [3.05, 3.63) is 39.5 Å². The third-order valence-electron chi connectivity index (χ3n) is 4.65. The highest BCUT2D eigenvalue weighted by Crippen LogP contribution is 2.27. The van der Waals surface area contributed by atoms with Crippen LogP contribution in [0, 0.1) is 0 Å². The van der Waals surface area contributed by atoms with Crippen LogP contribution in [0.4, 0.5) is 0 Å². The highest BCUT2D eigenvalue weighted by atomic mass is 32.1. The summed E-state index contributed by atoms with van der Waals surface area (Å²) in [5.41, 5.74) is 1.46. The fourth-order valence-corrected chi connectivity index (χ4v) is 4.24. The van der Waals surface area contributed by atoms with Gasteiger partial charge in [0.05, 0.1) is 10.2 Å². The van der Waals surface area contributed by atoms with Gasteiger partial charge in [0.2, 0.25) is 0 Å². The van der Waals surface area contributed by atoms with Crippen LogP contribution >= 0.6 is 11.3 Å². The zero-order chi connectivity index (χ0) is 16.7. The van der Waals surface area contributed by atoms with E-state index in [1.54, 1.807) is 15.9 Å². The number of hydrogen-bond acceptors (Lipinski definition) is 4. The van der Waals surface area contributed by atoms with Crippen LogP contribution in [0.2, 0.25) is 0 Å². The first-order valence-corrected chi connectivity index (χ1v) is 9.06. The molecule has 1 atom stereocenters. The Balaban J connectivity index is 1.57. The minimum Gasteiger partial charge on any atom is -0.350 e. The zero-order valence-corrected chi connectivity index (χ0v) is 14.2. The molecule has 2 N–H and O–H groups in total. The Kier molecular flexibility index (Phi) is 3.76. The van der Waals surface area contributed by atoms with Crippen molar-refractivity contribution in [1.29, 1.82) is 0 Å². The number of likely N-dealkylation sites (tertiary alicyclic amines) is 1. The molecule has 1 amide bonds. The number of thiophene rings is 1. The molecule has 24 heavy (non-hydrogen) atoms. The molecule has 126 valence electrons. The molecular weight excluding hydrogens is 326 g/mol. The third kappa shape index (κ3) is 2.47. The molecule has 4 rings (SSSR count). The predicted molar refractivity (Wildman–Crippen MR) is 92.6 cm³/mol. The number of fused-ring (bicyclic) bond motifs is 1. The van der Waals surface area contributed by atoms with Crippen LogP contribution in [0.3, 0.4) is 0 Å². The van der Waals surface area contributed by atoms with Crippen molar-refractivity contribution in [3.8, 4) is 0 Å². The minimum absolute atomic E-state index is 0.0176. The summed E-state index contributed by atoms with van der Waals surface area (Å²) in [7, 11) is 0. The maximum Gasteiger partial charge on any atom is 0.343 e. The summed E-state index contributed by atoms with van der Waals surface area (Å²) in [6, 6.07) is 3.90. The number of nitrogens with zero attached hydrogens (tertiary/aromatic N) is 3. The second-order valence-corrected chi connectivity index (χ2v) is 7.05. The number of nitrogens with one attached hydrogen (secondary N) is 2. The number of carbonyl (C=O) groups is 1. The lowest BCUT2D eigenvalue weighted by Crippen LogP contribution is -2.40. The third-order valence-corrected chi connectivity index (χ3v) is 5.51. The number of rotatable bonds is 3. The molecule has 0 bridgehead atoms. The molecule has 0 aromatic carbocycles. The van der Waals surface area contributed by atoms with Crippen molar-refractivity contribution in [2.45, 2.75) is 32.2 Å². The second-order valence-electron chi connectivity index (χ2n) is 6.10. The Morgan fingerprint density at radius 3 is 3.17 bits per heavy atom. The van der Waals surface area contributed by atoms with Crippen LogP contribution in [-0.4, -0.2) is 43.6 Å². The van der Waals surface area contributed by atoms with Crippen molar-refractivity contribution >= 4 is 27.5 Å². The lowest BCUT2D eigenvalue weighted by Gasteiger charge is -2.32. The van der Waals surface area contributed by atoms with Crippen LogP contribution < -0.4 is 5.69 Å². The second kappa shape index (κ2) is 5.94. The molecule has 7 nitrogen and oxygen atoms in total.